The largest absolute Gasteiger partial charge is 0 e. The summed E-state index contributed by atoms with van der Waals surface area (Å²) in [6.45, 7) is 4.71. The molecule has 21 heavy (non-hydrogen) atoms. The number of hydrogen-bond acceptors (Lipinski definition) is 5. The van der Waals surface area contributed by atoms with E-state index in [0.29, 0.717) is 24.6 Å². The Morgan fingerprint density at radius 1 is 1.38 bits per heavy atom. The summed E-state index contributed by atoms with van der Waals surface area (Å²) in [4.78, 5) is 9.53. The Morgan fingerprint density at radius 3 is 2.62 bits per heavy atom. The molecule has 0 bridgehead atoms. The first-order valence-corrected chi connectivity index (χ1v) is 6.65. The molecule has 108 valence electrons. The van der Waals surface area contributed by atoms with Crippen LogP contribution < -0.4 is 10.3 Å². The van der Waals surface area contributed by atoms with Gasteiger partial charge in [0.1, 0.15) is 11.6 Å². The van der Waals surface area contributed by atoms with Crippen LogP contribution in [0.25, 0.3) is 0 Å². The Kier molecular flexibility index (Phi) is 13.3. The van der Waals surface area contributed by atoms with Crippen molar-refractivity contribution in [2.24, 2.45) is 0 Å². The van der Waals surface area contributed by atoms with Crippen LogP contribution in [0.3, 0.4) is 0 Å². The molecule has 0 unspecified atom stereocenters. The van der Waals surface area contributed by atoms with Gasteiger partial charge in [-0.25, -0.2) is 9.97 Å². The van der Waals surface area contributed by atoms with Crippen molar-refractivity contribution in [2.75, 3.05) is 12.3 Å². The number of nitrogen functional groups attached to an aromatic ring is 1. The van der Waals surface area contributed by atoms with Crippen LogP contribution in [-0.4, -0.2) is 73.1 Å². The standard InChI is InChI=1S/C12H17N4OS.ClH.K.Zn.H/c1-8-11(3-4-17)18-7-16(8)6-10-5-14-9(2)15-12(10)13;;;;/h5,7,17H,3-4,6H2,1-2H3,(H2,13,14,15);1H;;;/q+1;;;;. The molecule has 0 atom stereocenters. The topological polar surface area (TPSA) is 75.9 Å². The van der Waals surface area contributed by atoms with Crippen LogP contribution in [0, 0.1) is 13.8 Å². The average Bonchev–Trinajstić information content (AvgIpc) is 2.66. The molecular weight excluding hydrogens is 388 g/mol. The summed E-state index contributed by atoms with van der Waals surface area (Å²) in [5.41, 5.74) is 10.0. The first kappa shape index (κ1) is 24.3. The van der Waals surface area contributed by atoms with Crippen molar-refractivity contribution in [1.29, 1.82) is 0 Å². The van der Waals surface area contributed by atoms with Crippen LogP contribution in [-0.2, 0) is 32.4 Å². The molecule has 0 aliphatic rings. The first-order valence-electron chi connectivity index (χ1n) is 5.77. The number of halogens is 1. The fourth-order valence-electron chi connectivity index (χ4n) is 1.77. The Hall–Kier alpha value is 1.02. The van der Waals surface area contributed by atoms with Gasteiger partial charge >= 0.3 is 51.4 Å². The monoisotopic (exact) mass is 405 g/mol. The minimum absolute atomic E-state index is 0. The van der Waals surface area contributed by atoms with Crippen LogP contribution in [0.15, 0.2) is 11.7 Å². The number of thiazole rings is 1. The van der Waals surface area contributed by atoms with Crippen molar-refractivity contribution in [2.45, 2.75) is 26.8 Å². The van der Waals surface area contributed by atoms with Crippen LogP contribution >= 0.6 is 23.7 Å². The Labute approximate surface area is 190 Å². The zero-order chi connectivity index (χ0) is 13.1. The van der Waals surface area contributed by atoms with Crippen molar-refractivity contribution >= 4 is 80.9 Å². The summed E-state index contributed by atoms with van der Waals surface area (Å²) >= 11 is 1.65. The summed E-state index contributed by atoms with van der Waals surface area (Å²) in [7, 11) is 0. The molecule has 0 radical (unpaired) electrons. The smallest absolute Gasteiger partial charge is 0 e. The molecule has 0 spiro atoms. The number of nitrogens with two attached hydrogens (primary N) is 1. The number of aliphatic hydroxyl groups excluding tert-OH is 1. The van der Waals surface area contributed by atoms with Crippen molar-refractivity contribution in [3.8, 4) is 0 Å². The molecule has 9 heteroatoms. The molecule has 0 saturated carbocycles. The normalized spacial score (nSPS) is 9.29. The molecule has 0 aliphatic carbocycles. The summed E-state index contributed by atoms with van der Waals surface area (Å²) in [6, 6.07) is 0. The molecular formula is C12H19ClKN4OSZn+. The van der Waals surface area contributed by atoms with Gasteiger partial charge in [0.25, 0.3) is 0 Å². The van der Waals surface area contributed by atoms with Crippen LogP contribution in [0.4, 0.5) is 5.82 Å². The molecule has 2 rings (SSSR count). The maximum atomic E-state index is 8.98. The van der Waals surface area contributed by atoms with E-state index in [2.05, 4.69) is 14.5 Å². The van der Waals surface area contributed by atoms with E-state index in [1.54, 1.807) is 17.5 Å². The Morgan fingerprint density at radius 2 is 2.05 bits per heavy atom. The van der Waals surface area contributed by atoms with Gasteiger partial charge in [0.2, 0.25) is 5.51 Å². The molecule has 0 fully saturated rings. The fourth-order valence-corrected chi connectivity index (χ4v) is 2.75. The number of aryl methyl sites for hydroxylation is 1. The van der Waals surface area contributed by atoms with Crippen LogP contribution in [0.1, 0.15) is 22.0 Å². The molecule has 2 aromatic rings. The predicted molar refractivity (Wildman–Crippen MR) is 84.7 cm³/mol. The maximum Gasteiger partial charge on any atom is 0 e. The summed E-state index contributed by atoms with van der Waals surface area (Å²) in [5.74, 6) is 1.22. The van der Waals surface area contributed by atoms with Gasteiger partial charge < -0.3 is 10.8 Å². The van der Waals surface area contributed by atoms with Gasteiger partial charge in [-0.3, -0.25) is 0 Å². The predicted octanol–water partition coefficient (Wildman–Crippen LogP) is 0.379. The maximum absolute atomic E-state index is 8.98. The van der Waals surface area contributed by atoms with E-state index in [1.807, 2.05) is 19.4 Å². The van der Waals surface area contributed by atoms with Crippen molar-refractivity contribution < 1.29 is 29.2 Å². The van der Waals surface area contributed by atoms with Gasteiger partial charge in [0.05, 0.1) is 10.4 Å². The number of hydrogen-bond donors (Lipinski definition) is 2. The van der Waals surface area contributed by atoms with Gasteiger partial charge in [0.15, 0.2) is 12.2 Å². The summed E-state index contributed by atoms with van der Waals surface area (Å²) in [5, 5.41) is 8.98. The minimum atomic E-state index is 0. The molecule has 0 amide bonds. The minimum Gasteiger partial charge on any atom is 0 e. The van der Waals surface area contributed by atoms with Crippen molar-refractivity contribution in [1.82, 2.24) is 9.97 Å². The van der Waals surface area contributed by atoms with Crippen LogP contribution in [0.5, 0.6) is 0 Å². The SMILES string of the molecule is Cc1ncc(C[n+]2csc(CCO)c2C)c(N)n1.Cl.[KH].[Zn]. The van der Waals surface area contributed by atoms with Crippen molar-refractivity contribution in [3.63, 3.8) is 0 Å². The zero-order valence-corrected chi connectivity index (χ0v) is 16.3. The van der Waals surface area contributed by atoms with Gasteiger partial charge in [-0.2, -0.15) is 4.57 Å². The van der Waals surface area contributed by atoms with Gasteiger partial charge in [0, 0.05) is 45.6 Å². The van der Waals surface area contributed by atoms with E-state index in [1.165, 1.54) is 4.88 Å². The third-order valence-electron chi connectivity index (χ3n) is 2.85. The molecule has 2 aromatic heterocycles. The van der Waals surface area contributed by atoms with E-state index >= 15 is 0 Å². The number of aromatic nitrogens is 3. The molecule has 3 N–H and O–H groups in total. The van der Waals surface area contributed by atoms with E-state index < -0.39 is 0 Å². The quantitative estimate of drug-likeness (QED) is 0.568. The molecule has 0 saturated heterocycles. The summed E-state index contributed by atoms with van der Waals surface area (Å²) in [6.07, 6.45) is 2.47. The Balaban J connectivity index is 0. The van der Waals surface area contributed by atoms with E-state index in [9.17, 15) is 0 Å². The fraction of sp³-hybridized carbons (Fsp3) is 0.417. The molecule has 0 aliphatic heterocycles. The molecule has 5 nitrogen and oxygen atoms in total. The number of anilines is 1. The summed E-state index contributed by atoms with van der Waals surface area (Å²) < 4.78 is 2.11. The third-order valence-corrected chi connectivity index (χ3v) is 4.00. The van der Waals surface area contributed by atoms with Crippen LogP contribution in [0.2, 0.25) is 0 Å². The van der Waals surface area contributed by atoms with E-state index in [0.717, 1.165) is 11.3 Å². The van der Waals surface area contributed by atoms with Crippen molar-refractivity contribution in [3.05, 3.63) is 33.7 Å². The number of rotatable bonds is 4. The van der Waals surface area contributed by atoms with Gasteiger partial charge in [-0.15, -0.1) is 12.4 Å². The van der Waals surface area contributed by atoms with Gasteiger partial charge in [-0.1, -0.05) is 11.3 Å². The van der Waals surface area contributed by atoms with Gasteiger partial charge in [-0.05, 0) is 6.92 Å². The number of aliphatic hydroxyl groups is 1. The Bertz CT molecular complexity index is 570. The number of nitrogens with zero attached hydrogens (tertiary/aromatic N) is 3. The van der Waals surface area contributed by atoms with E-state index in [-0.39, 0.29) is 89.9 Å². The second-order valence-electron chi connectivity index (χ2n) is 4.16. The second kappa shape index (κ2) is 11.5. The first-order chi connectivity index (χ1) is 8.61. The molecule has 0 aromatic carbocycles. The average molecular weight is 407 g/mol. The second-order valence-corrected chi connectivity index (χ2v) is 5.10. The third kappa shape index (κ3) is 6.57. The molecule has 2 heterocycles. The van der Waals surface area contributed by atoms with E-state index in [4.69, 9.17) is 10.8 Å². The zero-order valence-electron chi connectivity index (χ0n) is 11.7.